The summed E-state index contributed by atoms with van der Waals surface area (Å²) in [6, 6.07) is 13.4. The lowest BCUT2D eigenvalue weighted by Crippen LogP contribution is -2.07. The molecule has 0 amide bonds. The Kier molecular flexibility index (Phi) is 7.96. The van der Waals surface area contributed by atoms with Gasteiger partial charge in [0.05, 0.1) is 26.2 Å². The van der Waals surface area contributed by atoms with Gasteiger partial charge in [-0.3, -0.25) is 0 Å². The van der Waals surface area contributed by atoms with Crippen LogP contribution in [0.15, 0.2) is 66.0 Å². The molecule has 5 nitrogen and oxygen atoms in total. The van der Waals surface area contributed by atoms with Crippen molar-refractivity contribution in [3.63, 3.8) is 0 Å². The number of rotatable bonds is 8. The lowest BCUT2D eigenvalue weighted by molar-refractivity contribution is -0.133. The van der Waals surface area contributed by atoms with E-state index >= 15 is 0 Å². The van der Waals surface area contributed by atoms with Crippen LogP contribution in [0.2, 0.25) is 0 Å². The zero-order valence-corrected chi connectivity index (χ0v) is 16.0. The van der Waals surface area contributed by atoms with Gasteiger partial charge in [0.2, 0.25) is 0 Å². The van der Waals surface area contributed by atoms with Gasteiger partial charge in [0, 0.05) is 5.56 Å². The first-order valence-corrected chi connectivity index (χ1v) is 8.55. The Bertz CT molecular complexity index is 886. The summed E-state index contributed by atoms with van der Waals surface area (Å²) in [5.74, 6) is -0.783. The molecule has 0 radical (unpaired) electrons. The SMILES string of the molecule is CO/C=C(/C(=O)OC)c1ccccc1CO/N=C(C)/C=C/c1ccc(F)cc1. The maximum absolute atomic E-state index is 12.9. The number of nitrogens with zero attached hydrogens (tertiary/aromatic N) is 1. The molecule has 0 bridgehead atoms. The van der Waals surface area contributed by atoms with Crippen molar-refractivity contribution in [2.75, 3.05) is 14.2 Å². The standard InChI is InChI=1S/C22H22FNO4/c1-16(8-9-17-10-12-19(23)13-11-17)24-28-14-18-6-4-5-7-20(18)21(15-26-2)22(25)27-3/h4-13,15H,14H2,1-3H3/b9-8+,21-15+,24-16+. The highest BCUT2D eigenvalue weighted by molar-refractivity contribution is 6.16. The number of carbonyl (C=O) groups is 1. The van der Waals surface area contributed by atoms with Crippen LogP contribution in [-0.2, 0) is 25.7 Å². The van der Waals surface area contributed by atoms with Crippen molar-refractivity contribution in [1.82, 2.24) is 0 Å². The Morgan fingerprint density at radius 2 is 1.82 bits per heavy atom. The van der Waals surface area contributed by atoms with Crippen LogP contribution in [0.3, 0.4) is 0 Å². The molecule has 2 rings (SSSR count). The molecule has 0 aliphatic carbocycles. The van der Waals surface area contributed by atoms with Crippen molar-refractivity contribution in [1.29, 1.82) is 0 Å². The quantitative estimate of drug-likeness (QED) is 0.220. The van der Waals surface area contributed by atoms with Crippen molar-refractivity contribution in [2.45, 2.75) is 13.5 Å². The van der Waals surface area contributed by atoms with Crippen LogP contribution in [0.1, 0.15) is 23.6 Å². The number of esters is 1. The summed E-state index contributed by atoms with van der Waals surface area (Å²) in [5.41, 5.74) is 3.19. The normalized spacial score (nSPS) is 12.1. The zero-order valence-electron chi connectivity index (χ0n) is 16.0. The molecule has 0 saturated carbocycles. The number of benzene rings is 2. The zero-order chi connectivity index (χ0) is 20.4. The number of methoxy groups -OCH3 is 2. The molecule has 0 N–H and O–H groups in total. The molecule has 0 spiro atoms. The van der Waals surface area contributed by atoms with E-state index < -0.39 is 5.97 Å². The van der Waals surface area contributed by atoms with Gasteiger partial charge in [0.25, 0.3) is 0 Å². The molecule has 0 heterocycles. The fourth-order valence-electron chi connectivity index (χ4n) is 2.38. The highest BCUT2D eigenvalue weighted by atomic mass is 19.1. The lowest BCUT2D eigenvalue weighted by Gasteiger charge is -2.10. The summed E-state index contributed by atoms with van der Waals surface area (Å²) in [6.45, 7) is 1.95. The Morgan fingerprint density at radius 3 is 2.50 bits per heavy atom. The topological polar surface area (TPSA) is 57.1 Å². The third-order valence-electron chi connectivity index (χ3n) is 3.76. The van der Waals surface area contributed by atoms with Gasteiger partial charge in [0.15, 0.2) is 0 Å². The molecular weight excluding hydrogens is 361 g/mol. The van der Waals surface area contributed by atoms with Gasteiger partial charge < -0.3 is 14.3 Å². The number of halogens is 1. The molecule has 0 atom stereocenters. The van der Waals surface area contributed by atoms with E-state index in [1.54, 1.807) is 31.2 Å². The van der Waals surface area contributed by atoms with Gasteiger partial charge in [-0.15, -0.1) is 0 Å². The minimum absolute atomic E-state index is 0.163. The van der Waals surface area contributed by atoms with Gasteiger partial charge in [-0.25, -0.2) is 9.18 Å². The van der Waals surface area contributed by atoms with Crippen LogP contribution in [-0.4, -0.2) is 25.9 Å². The van der Waals surface area contributed by atoms with Crippen LogP contribution >= 0.6 is 0 Å². The van der Waals surface area contributed by atoms with Gasteiger partial charge in [0.1, 0.15) is 18.0 Å². The predicted octanol–water partition coefficient (Wildman–Crippen LogP) is 4.59. The van der Waals surface area contributed by atoms with Gasteiger partial charge in [-0.2, -0.15) is 0 Å². The molecule has 0 fully saturated rings. The second kappa shape index (κ2) is 10.7. The van der Waals surface area contributed by atoms with E-state index in [1.165, 1.54) is 32.6 Å². The molecule has 0 aromatic heterocycles. The third-order valence-corrected chi connectivity index (χ3v) is 3.76. The second-order valence-corrected chi connectivity index (χ2v) is 5.81. The van der Waals surface area contributed by atoms with Crippen LogP contribution in [0, 0.1) is 5.82 Å². The van der Waals surface area contributed by atoms with Crippen molar-refractivity contribution in [2.24, 2.45) is 5.16 Å². The molecule has 28 heavy (non-hydrogen) atoms. The molecular formula is C22H22FNO4. The van der Waals surface area contributed by atoms with Crippen LogP contribution < -0.4 is 0 Å². The lowest BCUT2D eigenvalue weighted by atomic mass is 10.0. The van der Waals surface area contributed by atoms with E-state index in [0.29, 0.717) is 16.8 Å². The Morgan fingerprint density at radius 1 is 1.11 bits per heavy atom. The smallest absolute Gasteiger partial charge is 0.341 e. The minimum atomic E-state index is -0.504. The monoisotopic (exact) mass is 383 g/mol. The first-order valence-electron chi connectivity index (χ1n) is 8.55. The molecule has 0 unspecified atom stereocenters. The fourth-order valence-corrected chi connectivity index (χ4v) is 2.38. The first-order chi connectivity index (χ1) is 13.5. The van der Waals surface area contributed by atoms with Crippen molar-refractivity contribution in [3.05, 3.63) is 83.4 Å². The molecule has 2 aromatic carbocycles. The fraction of sp³-hybridized carbons (Fsp3) is 0.182. The molecule has 0 saturated heterocycles. The van der Waals surface area contributed by atoms with Crippen LogP contribution in [0.25, 0.3) is 11.6 Å². The van der Waals surface area contributed by atoms with E-state index in [2.05, 4.69) is 5.16 Å². The third kappa shape index (κ3) is 6.09. The average molecular weight is 383 g/mol. The highest BCUT2D eigenvalue weighted by Crippen LogP contribution is 2.21. The molecule has 2 aromatic rings. The number of allylic oxidation sites excluding steroid dienone is 1. The molecule has 0 aliphatic heterocycles. The predicted molar refractivity (Wildman–Crippen MR) is 107 cm³/mol. The first kappa shape index (κ1) is 20.9. The van der Waals surface area contributed by atoms with E-state index in [4.69, 9.17) is 14.3 Å². The summed E-state index contributed by atoms with van der Waals surface area (Å²) < 4.78 is 22.7. The summed E-state index contributed by atoms with van der Waals surface area (Å²) in [7, 11) is 2.77. The van der Waals surface area contributed by atoms with Gasteiger partial charge >= 0.3 is 5.97 Å². The van der Waals surface area contributed by atoms with Crippen LogP contribution in [0.5, 0.6) is 0 Å². The minimum Gasteiger partial charge on any atom is -0.503 e. The van der Waals surface area contributed by atoms with Gasteiger partial charge in [-0.1, -0.05) is 47.6 Å². The number of carbonyl (C=O) groups excluding carboxylic acids is 1. The average Bonchev–Trinajstić information content (AvgIpc) is 2.71. The Labute approximate surface area is 163 Å². The Balaban J connectivity index is 2.08. The largest absolute Gasteiger partial charge is 0.503 e. The van der Waals surface area contributed by atoms with E-state index in [9.17, 15) is 9.18 Å². The van der Waals surface area contributed by atoms with E-state index in [-0.39, 0.29) is 12.4 Å². The van der Waals surface area contributed by atoms with E-state index in [0.717, 1.165) is 11.1 Å². The molecule has 146 valence electrons. The number of oxime groups is 1. The summed E-state index contributed by atoms with van der Waals surface area (Å²) in [4.78, 5) is 17.4. The van der Waals surface area contributed by atoms with E-state index in [1.807, 2.05) is 24.3 Å². The highest BCUT2D eigenvalue weighted by Gasteiger charge is 2.16. The summed E-state index contributed by atoms with van der Waals surface area (Å²) in [6.07, 6.45) is 4.92. The molecule has 0 aliphatic rings. The Hall–Kier alpha value is -3.41. The number of hydrogen-bond acceptors (Lipinski definition) is 5. The van der Waals surface area contributed by atoms with Crippen molar-refractivity contribution < 1.29 is 23.5 Å². The maximum Gasteiger partial charge on any atom is 0.341 e. The maximum atomic E-state index is 12.9. The molecule has 6 heteroatoms. The summed E-state index contributed by atoms with van der Waals surface area (Å²) >= 11 is 0. The van der Waals surface area contributed by atoms with Crippen molar-refractivity contribution >= 4 is 23.3 Å². The number of hydrogen-bond donors (Lipinski definition) is 0. The second-order valence-electron chi connectivity index (χ2n) is 5.81. The van der Waals surface area contributed by atoms with Gasteiger partial charge in [-0.05, 0) is 36.3 Å². The number of ether oxygens (including phenoxy) is 2. The van der Waals surface area contributed by atoms with Crippen molar-refractivity contribution in [3.8, 4) is 0 Å². The summed E-state index contributed by atoms with van der Waals surface area (Å²) in [5, 5.41) is 4.05. The van der Waals surface area contributed by atoms with Crippen LogP contribution in [0.4, 0.5) is 4.39 Å².